The van der Waals surface area contributed by atoms with E-state index in [1.54, 1.807) is 0 Å². The van der Waals surface area contributed by atoms with Crippen LogP contribution in [0.1, 0.15) is 50.5 Å². The van der Waals surface area contributed by atoms with Crippen molar-refractivity contribution in [3.05, 3.63) is 54.1 Å². The lowest BCUT2D eigenvalue weighted by Gasteiger charge is -2.31. The molecule has 0 spiro atoms. The average molecular weight is 461 g/mol. The molecule has 3 aliphatic rings. The number of likely N-dealkylation sites (tertiary alicyclic amines) is 1. The second-order valence-corrected chi connectivity index (χ2v) is 10.0. The van der Waals surface area contributed by atoms with Crippen LogP contribution in [0.5, 0.6) is 0 Å². The highest BCUT2D eigenvalue weighted by Gasteiger charge is 2.35. The predicted octanol–water partition coefficient (Wildman–Crippen LogP) is 4.69. The lowest BCUT2D eigenvalue weighted by Crippen LogP contribution is -2.43. The summed E-state index contributed by atoms with van der Waals surface area (Å²) >= 11 is 0. The van der Waals surface area contributed by atoms with E-state index < -0.39 is 0 Å². The summed E-state index contributed by atoms with van der Waals surface area (Å²) in [6.07, 6.45) is 7.53. The molecule has 0 bridgehead atoms. The highest BCUT2D eigenvalue weighted by molar-refractivity contribution is 5.82. The topological polar surface area (TPSA) is 64.7 Å². The van der Waals surface area contributed by atoms with Crippen LogP contribution in [0.15, 0.2) is 48.5 Å². The fraction of sp³-hybridized carbons (Fsp3) is 0.500. The fourth-order valence-corrected chi connectivity index (χ4v) is 5.06. The second kappa shape index (κ2) is 10.5. The van der Waals surface area contributed by atoms with Crippen LogP contribution in [0.4, 0.5) is 17.1 Å². The molecule has 6 nitrogen and oxygen atoms in total. The molecule has 2 N–H and O–H groups in total. The van der Waals surface area contributed by atoms with Crippen molar-refractivity contribution in [2.24, 2.45) is 11.8 Å². The van der Waals surface area contributed by atoms with Gasteiger partial charge in [-0.1, -0.05) is 12.1 Å². The SMILES string of the molecule is O=C(NCc1ccc(Nc2ccc(N3CCCCC3)cc2)cc1)C1CCN(C(=O)C2CC2)CC1. The van der Waals surface area contributed by atoms with Crippen LogP contribution in [0.3, 0.4) is 0 Å². The molecule has 6 heteroatoms. The highest BCUT2D eigenvalue weighted by atomic mass is 16.2. The maximum Gasteiger partial charge on any atom is 0.225 e. The molecule has 2 aliphatic heterocycles. The predicted molar refractivity (Wildman–Crippen MR) is 136 cm³/mol. The number of anilines is 3. The third-order valence-electron chi connectivity index (χ3n) is 7.40. The molecule has 2 saturated heterocycles. The molecule has 5 rings (SSSR count). The van der Waals surface area contributed by atoms with Gasteiger partial charge in [0.1, 0.15) is 0 Å². The fourth-order valence-electron chi connectivity index (χ4n) is 5.06. The Hall–Kier alpha value is -3.02. The van der Waals surface area contributed by atoms with Gasteiger partial charge in [0, 0.05) is 61.6 Å². The first-order valence-electron chi connectivity index (χ1n) is 12.9. The van der Waals surface area contributed by atoms with E-state index in [1.807, 2.05) is 4.90 Å². The lowest BCUT2D eigenvalue weighted by atomic mass is 9.95. The van der Waals surface area contributed by atoms with E-state index in [1.165, 1.54) is 24.9 Å². The molecule has 0 aromatic heterocycles. The van der Waals surface area contributed by atoms with E-state index in [4.69, 9.17) is 0 Å². The molecule has 1 aliphatic carbocycles. The standard InChI is InChI=1S/C28H36N4O2/c33-27(22-14-18-32(19-15-22)28(34)23-6-7-23)29-20-21-4-8-24(9-5-21)30-25-10-12-26(13-11-25)31-16-2-1-3-17-31/h4-5,8-13,22-23,30H,1-3,6-7,14-20H2,(H,29,33). The zero-order chi connectivity index (χ0) is 23.3. The molecule has 0 radical (unpaired) electrons. The van der Waals surface area contributed by atoms with E-state index in [-0.39, 0.29) is 17.7 Å². The van der Waals surface area contributed by atoms with Crippen molar-refractivity contribution in [2.75, 3.05) is 36.4 Å². The summed E-state index contributed by atoms with van der Waals surface area (Å²) in [6, 6.07) is 16.9. The lowest BCUT2D eigenvalue weighted by molar-refractivity contribution is -0.136. The van der Waals surface area contributed by atoms with Crippen molar-refractivity contribution in [3.63, 3.8) is 0 Å². The summed E-state index contributed by atoms with van der Waals surface area (Å²) in [4.78, 5) is 29.2. The van der Waals surface area contributed by atoms with E-state index in [9.17, 15) is 9.59 Å². The van der Waals surface area contributed by atoms with Crippen LogP contribution in [0.25, 0.3) is 0 Å². The monoisotopic (exact) mass is 460 g/mol. The van der Waals surface area contributed by atoms with Gasteiger partial charge in [0.15, 0.2) is 0 Å². The molecule has 2 amide bonds. The van der Waals surface area contributed by atoms with Gasteiger partial charge in [-0.2, -0.15) is 0 Å². The summed E-state index contributed by atoms with van der Waals surface area (Å²) in [6.45, 7) is 4.28. The van der Waals surface area contributed by atoms with Crippen molar-refractivity contribution in [2.45, 2.75) is 51.5 Å². The van der Waals surface area contributed by atoms with Crippen molar-refractivity contribution in [3.8, 4) is 0 Å². The largest absolute Gasteiger partial charge is 0.372 e. The number of piperidine rings is 2. The number of hydrogen-bond acceptors (Lipinski definition) is 4. The van der Waals surface area contributed by atoms with Crippen molar-refractivity contribution >= 4 is 28.9 Å². The molecule has 34 heavy (non-hydrogen) atoms. The molecular weight excluding hydrogens is 424 g/mol. The summed E-state index contributed by atoms with van der Waals surface area (Å²) in [5.41, 5.74) is 4.50. The Bertz CT molecular complexity index is 970. The Morgan fingerprint density at radius 2 is 1.35 bits per heavy atom. The third-order valence-corrected chi connectivity index (χ3v) is 7.40. The molecule has 0 unspecified atom stereocenters. The van der Waals surface area contributed by atoms with Crippen LogP contribution in [-0.2, 0) is 16.1 Å². The number of carbonyl (C=O) groups is 2. The van der Waals surface area contributed by atoms with Crippen LogP contribution in [0.2, 0.25) is 0 Å². The smallest absolute Gasteiger partial charge is 0.225 e. The van der Waals surface area contributed by atoms with E-state index in [2.05, 4.69) is 64.1 Å². The summed E-state index contributed by atoms with van der Waals surface area (Å²) < 4.78 is 0. The van der Waals surface area contributed by atoms with Crippen molar-refractivity contribution < 1.29 is 9.59 Å². The van der Waals surface area contributed by atoms with Gasteiger partial charge in [0.2, 0.25) is 11.8 Å². The minimum Gasteiger partial charge on any atom is -0.372 e. The highest BCUT2D eigenvalue weighted by Crippen LogP contribution is 2.32. The first-order chi connectivity index (χ1) is 16.7. The van der Waals surface area contributed by atoms with Gasteiger partial charge in [-0.3, -0.25) is 9.59 Å². The molecule has 180 valence electrons. The van der Waals surface area contributed by atoms with Gasteiger partial charge in [0.25, 0.3) is 0 Å². The van der Waals surface area contributed by atoms with Crippen LogP contribution >= 0.6 is 0 Å². The maximum absolute atomic E-state index is 12.6. The number of nitrogens with one attached hydrogen (secondary N) is 2. The van der Waals surface area contributed by atoms with Crippen molar-refractivity contribution in [1.82, 2.24) is 10.2 Å². The first-order valence-corrected chi connectivity index (χ1v) is 12.9. The molecule has 3 fully saturated rings. The average Bonchev–Trinajstić information content (AvgIpc) is 3.74. The zero-order valence-electron chi connectivity index (χ0n) is 20.0. The number of benzene rings is 2. The zero-order valence-corrected chi connectivity index (χ0v) is 20.0. The Morgan fingerprint density at radius 1 is 0.735 bits per heavy atom. The molecule has 1 saturated carbocycles. The molecular formula is C28H36N4O2. The Morgan fingerprint density at radius 3 is 1.97 bits per heavy atom. The van der Waals surface area contributed by atoms with Gasteiger partial charge >= 0.3 is 0 Å². The van der Waals surface area contributed by atoms with Crippen molar-refractivity contribution in [1.29, 1.82) is 0 Å². The number of nitrogens with zero attached hydrogens (tertiary/aromatic N) is 2. The number of rotatable bonds is 7. The van der Waals surface area contributed by atoms with Gasteiger partial charge in [-0.15, -0.1) is 0 Å². The molecule has 2 aromatic carbocycles. The number of carbonyl (C=O) groups excluding carboxylic acids is 2. The second-order valence-electron chi connectivity index (χ2n) is 10.0. The molecule has 0 atom stereocenters. The molecule has 2 aromatic rings. The minimum absolute atomic E-state index is 0.0112. The first kappa shape index (κ1) is 22.8. The van der Waals surface area contributed by atoms with Crippen LogP contribution in [0, 0.1) is 11.8 Å². The Balaban J connectivity index is 1.06. The minimum atomic E-state index is 0.0112. The summed E-state index contributed by atoms with van der Waals surface area (Å²) in [7, 11) is 0. The quantitative estimate of drug-likeness (QED) is 0.629. The van der Waals surface area contributed by atoms with Gasteiger partial charge < -0.3 is 20.4 Å². The maximum atomic E-state index is 12.6. The third kappa shape index (κ3) is 5.72. The van der Waals surface area contributed by atoms with E-state index in [0.717, 1.165) is 55.7 Å². The number of hydrogen-bond donors (Lipinski definition) is 2. The van der Waals surface area contributed by atoms with Gasteiger partial charge in [-0.05, 0) is 86.9 Å². The number of amides is 2. The van der Waals surface area contributed by atoms with E-state index >= 15 is 0 Å². The summed E-state index contributed by atoms with van der Waals surface area (Å²) in [5, 5.41) is 6.55. The normalized spacial score (nSPS) is 19.1. The molecule has 2 heterocycles. The van der Waals surface area contributed by atoms with Crippen LogP contribution in [-0.4, -0.2) is 42.9 Å². The Labute approximate surface area is 202 Å². The summed E-state index contributed by atoms with van der Waals surface area (Å²) in [5.74, 6) is 0.680. The van der Waals surface area contributed by atoms with Crippen LogP contribution < -0.4 is 15.5 Å². The van der Waals surface area contributed by atoms with Gasteiger partial charge in [-0.25, -0.2) is 0 Å². The Kier molecular flexibility index (Phi) is 7.02. The van der Waals surface area contributed by atoms with Gasteiger partial charge in [0.05, 0.1) is 0 Å². The van der Waals surface area contributed by atoms with E-state index in [0.29, 0.717) is 25.5 Å².